The monoisotopic (exact) mass is 481 g/mol. The van der Waals surface area contributed by atoms with Gasteiger partial charge in [0.25, 0.3) is 11.8 Å². The molecule has 0 aliphatic carbocycles. The number of benzene rings is 2. The second kappa shape index (κ2) is 13.2. The molecular weight excluding hydrogens is 446 g/mol. The summed E-state index contributed by atoms with van der Waals surface area (Å²) in [7, 11) is 1.62. The van der Waals surface area contributed by atoms with Crippen molar-refractivity contribution in [2.45, 2.75) is 44.4 Å². The second-order valence-electron chi connectivity index (χ2n) is 8.35. The van der Waals surface area contributed by atoms with Crippen molar-refractivity contribution in [1.29, 1.82) is 0 Å². The highest BCUT2D eigenvalue weighted by atomic mass is 32.2. The average Bonchev–Trinajstić information content (AvgIpc) is 2.85. The van der Waals surface area contributed by atoms with E-state index in [0.29, 0.717) is 22.7 Å². The van der Waals surface area contributed by atoms with Crippen molar-refractivity contribution in [2.24, 2.45) is 0 Å². The van der Waals surface area contributed by atoms with E-state index in [-0.39, 0.29) is 11.8 Å². The van der Waals surface area contributed by atoms with Gasteiger partial charge in [0.2, 0.25) is 0 Å². The molecule has 1 aliphatic heterocycles. The first kappa shape index (κ1) is 25.8. The maximum absolute atomic E-state index is 12.7. The van der Waals surface area contributed by atoms with Crippen LogP contribution in [0.2, 0.25) is 0 Å². The molecule has 0 unspecified atom stereocenters. The first-order valence-electron chi connectivity index (χ1n) is 12.0. The molecule has 0 atom stereocenters. The molecule has 2 aromatic carbocycles. The molecule has 0 saturated heterocycles. The van der Waals surface area contributed by atoms with Gasteiger partial charge >= 0.3 is 0 Å². The summed E-state index contributed by atoms with van der Waals surface area (Å²) in [6, 6.07) is 13.0. The molecule has 3 rings (SSSR count). The zero-order valence-electron chi connectivity index (χ0n) is 20.4. The van der Waals surface area contributed by atoms with Gasteiger partial charge in [-0.3, -0.25) is 9.59 Å². The van der Waals surface area contributed by atoms with E-state index in [1.807, 2.05) is 42.5 Å². The zero-order chi connectivity index (χ0) is 24.3. The Morgan fingerprint density at radius 1 is 1.06 bits per heavy atom. The number of carbonyl (C=O) groups is 2. The minimum atomic E-state index is -0.173. The average molecular weight is 482 g/mol. The maximum atomic E-state index is 12.7. The minimum Gasteiger partial charge on any atom is -0.497 e. The molecule has 182 valence electrons. The van der Waals surface area contributed by atoms with Crippen LogP contribution in [0.15, 0.2) is 52.3 Å². The number of nitrogens with zero attached hydrogens (tertiary/aromatic N) is 1. The number of hydrogen-bond acceptors (Lipinski definition) is 5. The van der Waals surface area contributed by atoms with Gasteiger partial charge < -0.3 is 20.3 Å². The molecular formula is C27H35N3O3S. The van der Waals surface area contributed by atoms with E-state index in [1.165, 1.54) is 37.4 Å². The van der Waals surface area contributed by atoms with Crippen LogP contribution in [0.3, 0.4) is 0 Å². The summed E-state index contributed by atoms with van der Waals surface area (Å²) in [5, 5.41) is 5.96. The molecule has 1 heterocycles. The van der Waals surface area contributed by atoms with E-state index >= 15 is 0 Å². The largest absolute Gasteiger partial charge is 0.497 e. The third kappa shape index (κ3) is 7.37. The van der Waals surface area contributed by atoms with Crippen LogP contribution < -0.4 is 15.4 Å². The van der Waals surface area contributed by atoms with Crippen LogP contribution in [0, 0.1) is 0 Å². The summed E-state index contributed by atoms with van der Waals surface area (Å²) >= 11 is 1.41. The smallest absolute Gasteiger partial charge is 0.262 e. The number of hydrogen-bond donors (Lipinski definition) is 2. The molecule has 2 amide bonds. The quantitative estimate of drug-likeness (QED) is 0.397. The summed E-state index contributed by atoms with van der Waals surface area (Å²) in [6.45, 7) is 8.00. The van der Waals surface area contributed by atoms with E-state index in [0.717, 1.165) is 35.8 Å². The summed E-state index contributed by atoms with van der Waals surface area (Å²) in [4.78, 5) is 29.3. The van der Waals surface area contributed by atoms with Crippen molar-refractivity contribution in [3.05, 3.63) is 58.5 Å². The van der Waals surface area contributed by atoms with E-state index < -0.39 is 0 Å². The lowest BCUT2D eigenvalue weighted by Gasteiger charge is -2.22. The second-order valence-corrected chi connectivity index (χ2v) is 9.44. The number of carbonyl (C=O) groups excluding carboxylic acids is 2. The van der Waals surface area contributed by atoms with Crippen molar-refractivity contribution in [3.8, 4) is 5.75 Å². The third-order valence-corrected chi connectivity index (χ3v) is 6.82. The van der Waals surface area contributed by atoms with Crippen LogP contribution in [0.4, 0.5) is 5.69 Å². The summed E-state index contributed by atoms with van der Waals surface area (Å²) < 4.78 is 5.18. The van der Waals surface area contributed by atoms with Gasteiger partial charge in [-0.15, -0.1) is 0 Å². The van der Waals surface area contributed by atoms with E-state index in [9.17, 15) is 9.59 Å². The Morgan fingerprint density at radius 3 is 2.41 bits per heavy atom. The highest BCUT2D eigenvalue weighted by molar-refractivity contribution is 8.04. The number of rotatable bonds is 12. The molecule has 0 aromatic heterocycles. The Balaban J connectivity index is 1.59. The highest BCUT2D eigenvalue weighted by Gasteiger charge is 2.22. The first-order chi connectivity index (χ1) is 16.5. The Kier molecular flexibility index (Phi) is 10.0. The van der Waals surface area contributed by atoms with Gasteiger partial charge in [0.05, 0.1) is 17.7 Å². The lowest BCUT2D eigenvalue weighted by atomic mass is 10.1. The summed E-state index contributed by atoms with van der Waals surface area (Å²) in [6.07, 6.45) is 6.55. The number of methoxy groups -OCH3 is 1. The summed E-state index contributed by atoms with van der Waals surface area (Å²) in [5.74, 6) is 0.481. The third-order valence-electron chi connectivity index (χ3n) is 5.72. The number of ether oxygens (including phenoxy) is 1. The Morgan fingerprint density at radius 2 is 1.76 bits per heavy atom. The van der Waals surface area contributed by atoms with Crippen LogP contribution in [-0.4, -0.2) is 50.0 Å². The van der Waals surface area contributed by atoms with Crippen molar-refractivity contribution < 1.29 is 14.3 Å². The van der Waals surface area contributed by atoms with Crippen molar-refractivity contribution in [2.75, 3.05) is 38.6 Å². The Labute approximate surface area is 207 Å². The van der Waals surface area contributed by atoms with Gasteiger partial charge in [-0.05, 0) is 67.9 Å². The van der Waals surface area contributed by atoms with Crippen molar-refractivity contribution in [3.63, 3.8) is 0 Å². The lowest BCUT2D eigenvalue weighted by Crippen LogP contribution is -2.36. The van der Waals surface area contributed by atoms with E-state index in [4.69, 9.17) is 4.74 Å². The number of amides is 2. The number of unbranched alkanes of at least 4 members (excludes halogenated alkanes) is 2. The minimum absolute atomic E-state index is 0.118. The van der Waals surface area contributed by atoms with Gasteiger partial charge in [0.15, 0.2) is 0 Å². The standard InChI is InChI=1S/C27H35N3O3S/c1-4-6-15-30(16-7-5-2)17-14-28-26(31)21-10-13-24-23(19-21)29-27(32)25(34-24)18-20-8-11-22(33-3)12-9-20/h8-13,18-19H,4-7,14-17H2,1-3H3,(H,28,31)(H,29,32)/b25-18+. The van der Waals surface area contributed by atoms with Crippen LogP contribution in [0.1, 0.15) is 55.5 Å². The van der Waals surface area contributed by atoms with Gasteiger partial charge in [0, 0.05) is 23.5 Å². The fourth-order valence-electron chi connectivity index (χ4n) is 3.68. The number of nitrogens with one attached hydrogen (secondary N) is 2. The first-order valence-corrected chi connectivity index (χ1v) is 12.8. The van der Waals surface area contributed by atoms with Crippen LogP contribution in [0.25, 0.3) is 6.08 Å². The maximum Gasteiger partial charge on any atom is 0.262 e. The fraction of sp³-hybridized carbons (Fsp3) is 0.407. The molecule has 0 fully saturated rings. The molecule has 7 heteroatoms. The van der Waals surface area contributed by atoms with Crippen LogP contribution in [-0.2, 0) is 4.79 Å². The van der Waals surface area contributed by atoms with Crippen molar-refractivity contribution in [1.82, 2.24) is 10.2 Å². The number of anilines is 1. The van der Waals surface area contributed by atoms with Gasteiger partial charge in [0.1, 0.15) is 5.75 Å². The molecule has 0 radical (unpaired) electrons. The molecule has 1 aliphatic rings. The SMILES string of the molecule is CCCCN(CCCC)CCNC(=O)c1ccc2c(c1)NC(=O)/C(=C\c1ccc(OC)cc1)S2. The van der Waals surface area contributed by atoms with Gasteiger partial charge in [-0.1, -0.05) is 50.6 Å². The Hall–Kier alpha value is -2.77. The summed E-state index contributed by atoms with van der Waals surface area (Å²) in [5.41, 5.74) is 2.14. The van der Waals surface area contributed by atoms with E-state index in [2.05, 4.69) is 29.4 Å². The highest BCUT2D eigenvalue weighted by Crippen LogP contribution is 2.39. The molecule has 34 heavy (non-hydrogen) atoms. The number of fused-ring (bicyclic) bond motifs is 1. The molecule has 6 nitrogen and oxygen atoms in total. The lowest BCUT2D eigenvalue weighted by molar-refractivity contribution is -0.112. The Bertz CT molecular complexity index is 997. The molecule has 2 N–H and O–H groups in total. The fourth-order valence-corrected chi connectivity index (χ4v) is 4.61. The number of thioether (sulfide) groups is 1. The molecule has 0 bridgehead atoms. The predicted molar refractivity (Wildman–Crippen MR) is 140 cm³/mol. The molecule has 0 spiro atoms. The van der Waals surface area contributed by atoms with Crippen LogP contribution >= 0.6 is 11.8 Å². The predicted octanol–water partition coefficient (Wildman–Crippen LogP) is 5.41. The molecule has 0 saturated carbocycles. The van der Waals surface area contributed by atoms with Gasteiger partial charge in [-0.2, -0.15) is 0 Å². The zero-order valence-corrected chi connectivity index (χ0v) is 21.2. The van der Waals surface area contributed by atoms with Crippen LogP contribution in [0.5, 0.6) is 5.75 Å². The van der Waals surface area contributed by atoms with Gasteiger partial charge in [-0.25, -0.2) is 0 Å². The normalized spacial score (nSPS) is 14.1. The van der Waals surface area contributed by atoms with Crippen molar-refractivity contribution >= 4 is 35.3 Å². The molecule has 2 aromatic rings. The topological polar surface area (TPSA) is 70.7 Å². The van der Waals surface area contributed by atoms with E-state index in [1.54, 1.807) is 13.2 Å².